The van der Waals surface area contributed by atoms with Gasteiger partial charge in [0.05, 0.1) is 35.9 Å². The Morgan fingerprint density at radius 2 is 0.845 bits per heavy atom. The second-order valence-electron chi connectivity index (χ2n) is 19.8. The molecule has 2 saturated carbocycles. The number of carbonyl (C=O) groups excluding carboxylic acids is 4. The number of nitrogens with one attached hydrogen (secondary N) is 6. The Morgan fingerprint density at radius 3 is 1.10 bits per heavy atom. The molecule has 0 unspecified atom stereocenters. The summed E-state index contributed by atoms with van der Waals surface area (Å²) < 4.78 is 0. The fraction of sp³-hybridized carbons (Fsp3) is 0.522. The second kappa shape index (κ2) is 14.8. The Kier molecular flexibility index (Phi) is 10.8. The minimum atomic E-state index is -1.03. The van der Waals surface area contributed by atoms with Crippen LogP contribution in [0.2, 0.25) is 0 Å². The van der Waals surface area contributed by atoms with Gasteiger partial charge in [-0.1, -0.05) is 104 Å². The van der Waals surface area contributed by atoms with Crippen LogP contribution in [0, 0.1) is 21.7 Å². The molecule has 0 saturated heterocycles. The molecule has 6 rings (SSSR count). The van der Waals surface area contributed by atoms with E-state index in [1.807, 2.05) is 27.7 Å². The lowest BCUT2D eigenvalue weighted by Crippen LogP contribution is -2.62. The van der Waals surface area contributed by atoms with Gasteiger partial charge in [0.25, 0.3) is 0 Å². The topological polar surface area (TPSA) is 174 Å². The van der Waals surface area contributed by atoms with Gasteiger partial charge in [0, 0.05) is 13.8 Å². The summed E-state index contributed by atoms with van der Waals surface area (Å²) >= 11 is 0. The van der Waals surface area contributed by atoms with Crippen molar-refractivity contribution in [3.8, 4) is 33.6 Å². The van der Waals surface area contributed by atoms with E-state index in [9.17, 15) is 19.2 Å². The van der Waals surface area contributed by atoms with Gasteiger partial charge in [-0.05, 0) is 83.4 Å². The smallest absolute Gasteiger partial charge is 0.246 e. The Balaban J connectivity index is 1.15. The summed E-state index contributed by atoms with van der Waals surface area (Å²) in [5.41, 5.74) is 2.29. The Hall–Kier alpha value is -5.26. The van der Waals surface area contributed by atoms with Crippen molar-refractivity contribution in [2.45, 2.75) is 132 Å². The van der Waals surface area contributed by atoms with Crippen LogP contribution in [0.5, 0.6) is 0 Å². The van der Waals surface area contributed by atoms with E-state index in [1.165, 1.54) is 13.8 Å². The van der Waals surface area contributed by atoms with E-state index in [0.717, 1.165) is 59.3 Å². The van der Waals surface area contributed by atoms with Crippen LogP contribution >= 0.6 is 0 Å². The first kappa shape index (κ1) is 42.3. The first-order valence-electron chi connectivity index (χ1n) is 20.4. The first-order valence-corrected chi connectivity index (χ1v) is 20.4. The highest BCUT2D eigenvalue weighted by Gasteiger charge is 2.59. The van der Waals surface area contributed by atoms with Crippen LogP contribution in [-0.2, 0) is 19.2 Å². The lowest BCUT2D eigenvalue weighted by molar-refractivity contribution is -0.136. The zero-order valence-electron chi connectivity index (χ0n) is 36.3. The number of carbonyl (C=O) groups is 4. The summed E-state index contributed by atoms with van der Waals surface area (Å²) in [6.45, 7) is 23.0. The Morgan fingerprint density at radius 1 is 0.552 bits per heavy atom. The average Bonchev–Trinajstić information content (AvgIpc) is 3.94. The van der Waals surface area contributed by atoms with E-state index < -0.39 is 23.2 Å². The summed E-state index contributed by atoms with van der Waals surface area (Å²) in [4.78, 5) is 68.4. The highest BCUT2D eigenvalue weighted by molar-refractivity contribution is 5.93. The van der Waals surface area contributed by atoms with Gasteiger partial charge in [-0.15, -0.1) is 0 Å². The van der Waals surface area contributed by atoms with Crippen molar-refractivity contribution >= 4 is 23.6 Å². The van der Waals surface area contributed by atoms with Crippen LogP contribution in [0.1, 0.15) is 133 Å². The van der Waals surface area contributed by atoms with Crippen LogP contribution in [0.4, 0.5) is 0 Å². The molecule has 0 radical (unpaired) electrons. The summed E-state index contributed by atoms with van der Waals surface area (Å²) in [5.74, 6) is 0.405. The fourth-order valence-electron chi connectivity index (χ4n) is 7.93. The molecule has 2 aromatic heterocycles. The third-order valence-corrected chi connectivity index (χ3v) is 12.9. The van der Waals surface area contributed by atoms with Gasteiger partial charge < -0.3 is 31.2 Å². The highest BCUT2D eigenvalue weighted by atomic mass is 16.2. The molecule has 310 valence electrons. The van der Waals surface area contributed by atoms with Crippen molar-refractivity contribution in [1.29, 1.82) is 0 Å². The van der Waals surface area contributed by atoms with E-state index in [1.54, 1.807) is 12.4 Å². The molecule has 4 aromatic rings. The molecule has 0 bridgehead atoms. The number of aromatic amines is 2. The number of H-pyrrole nitrogens is 2. The molecule has 6 N–H and O–H groups in total. The molecular weight excluding hydrogens is 729 g/mol. The molecule has 0 aliphatic heterocycles. The number of hydrogen-bond donors (Lipinski definition) is 6. The number of amides is 4. The minimum absolute atomic E-state index is 0.215. The molecule has 4 amide bonds. The van der Waals surface area contributed by atoms with Gasteiger partial charge in [0.15, 0.2) is 0 Å². The van der Waals surface area contributed by atoms with Crippen molar-refractivity contribution in [3.63, 3.8) is 0 Å². The number of rotatable bonds is 13. The number of benzene rings is 2. The number of aromatic nitrogens is 4. The molecule has 2 fully saturated rings. The van der Waals surface area contributed by atoms with E-state index in [4.69, 9.17) is 9.97 Å². The van der Waals surface area contributed by atoms with E-state index in [0.29, 0.717) is 11.6 Å². The monoisotopic (exact) mass is 790 g/mol. The zero-order chi connectivity index (χ0) is 42.6. The standard InChI is InChI=1S/C46H62N8O4/c1-27(55)53-45(11,43(9)21-22-43)39(57)51-35(41(3,4)5)37-47-25-33(49-37)31-17-13-29(14-18-31)30-15-19-32(20-16-30)34-26-48-38(50-34)36(42(6,7)8)52-40(58)46(12,54-28(2)56)44(10)23-24-44/h13-20,25-26,35-36H,21-24H2,1-12H3,(H,47,49)(H,48,50)(H,51,57)(H,52,58)(H,53,55)(H,54,56)/t35-,36-,45+,46+/m1/s1. The van der Waals surface area contributed by atoms with Crippen LogP contribution in [0.3, 0.4) is 0 Å². The lowest BCUT2D eigenvalue weighted by atomic mass is 9.80. The van der Waals surface area contributed by atoms with Crippen LogP contribution < -0.4 is 21.3 Å². The maximum atomic E-state index is 13.9. The molecule has 12 heteroatoms. The minimum Gasteiger partial charge on any atom is -0.344 e. The van der Waals surface area contributed by atoms with E-state index in [-0.39, 0.29) is 45.3 Å². The normalized spacial score (nSPS) is 18.8. The summed E-state index contributed by atoms with van der Waals surface area (Å²) in [5, 5.41) is 12.4. The molecule has 2 aliphatic rings. The van der Waals surface area contributed by atoms with Gasteiger partial charge in [-0.3, -0.25) is 19.2 Å². The third kappa shape index (κ3) is 8.33. The lowest BCUT2D eigenvalue weighted by Gasteiger charge is -2.39. The van der Waals surface area contributed by atoms with E-state index in [2.05, 4.69) is 121 Å². The quantitative estimate of drug-likeness (QED) is 0.0803. The summed E-state index contributed by atoms with van der Waals surface area (Å²) in [6, 6.07) is 15.7. The van der Waals surface area contributed by atoms with Crippen molar-refractivity contribution in [3.05, 3.63) is 72.6 Å². The molecule has 12 nitrogen and oxygen atoms in total. The highest BCUT2D eigenvalue weighted by Crippen LogP contribution is 2.55. The fourth-order valence-corrected chi connectivity index (χ4v) is 7.93. The van der Waals surface area contributed by atoms with Gasteiger partial charge in [-0.2, -0.15) is 0 Å². The molecule has 0 spiro atoms. The molecule has 58 heavy (non-hydrogen) atoms. The SMILES string of the molecule is CC(=O)N[C@@](C)(C(=O)N[C@H](c1ncc(-c2ccc(-c3ccc(-c4cnc([C@@H](NC(=O)[C@](C)(NC(C)=O)C5(C)CC5)C(C)(C)C)[nH]4)cc3)cc2)[nH]1)C(C)(C)C)C1(C)CC1. The average molecular weight is 791 g/mol. The predicted octanol–water partition coefficient (Wildman–Crippen LogP) is 7.93. The van der Waals surface area contributed by atoms with Crippen molar-refractivity contribution in [1.82, 2.24) is 41.2 Å². The van der Waals surface area contributed by atoms with Crippen molar-refractivity contribution < 1.29 is 19.2 Å². The van der Waals surface area contributed by atoms with Crippen LogP contribution in [-0.4, -0.2) is 54.6 Å². The number of nitrogens with zero attached hydrogens (tertiary/aromatic N) is 2. The molecule has 4 atom stereocenters. The molecule has 2 aromatic carbocycles. The van der Waals surface area contributed by atoms with Gasteiger partial charge in [0.1, 0.15) is 22.7 Å². The van der Waals surface area contributed by atoms with Gasteiger partial charge >= 0.3 is 0 Å². The number of hydrogen-bond acceptors (Lipinski definition) is 6. The van der Waals surface area contributed by atoms with Crippen LogP contribution in [0.25, 0.3) is 33.6 Å². The molecule has 2 heterocycles. The molecular formula is C46H62N8O4. The van der Waals surface area contributed by atoms with E-state index >= 15 is 0 Å². The predicted molar refractivity (Wildman–Crippen MR) is 227 cm³/mol. The van der Waals surface area contributed by atoms with Crippen LogP contribution in [0.15, 0.2) is 60.9 Å². The van der Waals surface area contributed by atoms with Crippen molar-refractivity contribution in [2.75, 3.05) is 0 Å². The first-order chi connectivity index (χ1) is 26.9. The van der Waals surface area contributed by atoms with Crippen molar-refractivity contribution in [2.24, 2.45) is 21.7 Å². The summed E-state index contributed by atoms with van der Waals surface area (Å²) in [7, 11) is 0. The maximum absolute atomic E-state index is 13.9. The summed E-state index contributed by atoms with van der Waals surface area (Å²) in [6.07, 6.45) is 7.08. The second-order valence-corrected chi connectivity index (χ2v) is 19.8. The maximum Gasteiger partial charge on any atom is 0.246 e. The van der Waals surface area contributed by atoms with Gasteiger partial charge in [0.2, 0.25) is 23.6 Å². The largest absolute Gasteiger partial charge is 0.344 e. The van der Waals surface area contributed by atoms with Gasteiger partial charge in [-0.25, -0.2) is 9.97 Å². The Labute approximate surface area is 343 Å². The Bertz CT molecular complexity index is 2020. The number of imidazole rings is 2. The third-order valence-electron chi connectivity index (χ3n) is 12.9. The molecule has 2 aliphatic carbocycles. The zero-order valence-corrected chi connectivity index (χ0v) is 36.3.